The Morgan fingerprint density at radius 3 is 2.35 bits per heavy atom. The molecule has 0 radical (unpaired) electrons. The van der Waals surface area contributed by atoms with Crippen LogP contribution in [0.4, 0.5) is 19.1 Å². The molecule has 0 atom stereocenters. The first-order valence-corrected chi connectivity index (χ1v) is 7.21. The molecule has 6 nitrogen and oxygen atoms in total. The Labute approximate surface area is 119 Å². The van der Waals surface area contributed by atoms with Crippen LogP contribution in [0.2, 0.25) is 0 Å². The van der Waals surface area contributed by atoms with E-state index in [9.17, 15) is 21.6 Å². The first-order chi connectivity index (χ1) is 9.14. The second kappa shape index (κ2) is 4.74. The number of rotatable bonds is 2. The third-order valence-corrected chi connectivity index (χ3v) is 4.32. The summed E-state index contributed by atoms with van der Waals surface area (Å²) in [6.07, 6.45) is 0. The second-order valence-corrected chi connectivity index (χ2v) is 6.19. The van der Waals surface area contributed by atoms with Crippen LogP contribution in [0.3, 0.4) is 0 Å². The lowest BCUT2D eigenvalue weighted by molar-refractivity contribution is -0.0436. The topological polar surface area (TPSA) is 90.9 Å². The molecule has 11 heteroatoms. The number of hydrogen-bond donors (Lipinski definition) is 1. The molecule has 0 aliphatic rings. The number of aromatic nitrogens is 3. The molecule has 2 N–H and O–H groups in total. The lowest BCUT2D eigenvalue weighted by Crippen LogP contribution is -2.24. The Hall–Kier alpha value is -1.62. The second-order valence-electron chi connectivity index (χ2n) is 3.57. The molecule has 1 aromatic heterocycles. The van der Waals surface area contributed by atoms with Gasteiger partial charge >= 0.3 is 5.51 Å². The van der Waals surface area contributed by atoms with E-state index in [1.54, 1.807) is 0 Å². The average Bonchev–Trinajstić information content (AvgIpc) is 2.67. The summed E-state index contributed by atoms with van der Waals surface area (Å²) >= 11 is 2.94. The van der Waals surface area contributed by atoms with Crippen molar-refractivity contribution in [3.8, 4) is 5.69 Å². The molecule has 1 aromatic carbocycles. The van der Waals surface area contributed by atoms with Gasteiger partial charge in [-0.1, -0.05) is 12.1 Å². The van der Waals surface area contributed by atoms with Crippen LogP contribution in [0.5, 0.6) is 0 Å². The lowest BCUT2D eigenvalue weighted by Gasteiger charge is -2.12. The van der Waals surface area contributed by atoms with Gasteiger partial charge in [0.25, 0.3) is 9.84 Å². The molecule has 0 saturated carbocycles. The maximum Gasteiger partial charge on any atom is 0.501 e. The highest BCUT2D eigenvalue weighted by molar-refractivity contribution is 9.10. The van der Waals surface area contributed by atoms with Gasteiger partial charge in [0.1, 0.15) is 4.90 Å². The predicted octanol–water partition coefficient (Wildman–Crippen LogP) is 1.91. The van der Waals surface area contributed by atoms with Crippen LogP contribution in [-0.4, -0.2) is 28.7 Å². The van der Waals surface area contributed by atoms with Crippen molar-refractivity contribution in [2.75, 3.05) is 5.73 Å². The van der Waals surface area contributed by atoms with Crippen LogP contribution in [0.15, 0.2) is 33.9 Å². The molecule has 0 spiro atoms. The highest BCUT2D eigenvalue weighted by Crippen LogP contribution is 2.34. The average molecular weight is 371 g/mol. The van der Waals surface area contributed by atoms with Crippen LogP contribution in [0.1, 0.15) is 0 Å². The number of nitrogens with zero attached hydrogens (tertiary/aromatic N) is 3. The Bertz CT molecular complexity index is 757. The van der Waals surface area contributed by atoms with E-state index in [4.69, 9.17) is 5.73 Å². The number of alkyl halides is 3. The number of benzene rings is 1. The normalized spacial score (nSPS) is 12.6. The Balaban J connectivity index is 2.73. The van der Waals surface area contributed by atoms with Crippen molar-refractivity contribution in [2.24, 2.45) is 0 Å². The van der Waals surface area contributed by atoms with E-state index >= 15 is 0 Å². The number of nitrogens with two attached hydrogens (primary N) is 1. The van der Waals surface area contributed by atoms with Crippen molar-refractivity contribution in [1.29, 1.82) is 0 Å². The van der Waals surface area contributed by atoms with Gasteiger partial charge < -0.3 is 5.73 Å². The number of nitrogen functional groups attached to an aromatic ring is 1. The minimum atomic E-state index is -5.51. The predicted molar refractivity (Wildman–Crippen MR) is 66.7 cm³/mol. The van der Waals surface area contributed by atoms with Gasteiger partial charge in [-0.05, 0) is 28.1 Å². The molecule has 0 aliphatic heterocycles. The van der Waals surface area contributed by atoms with E-state index in [-0.39, 0.29) is 16.4 Å². The molecule has 0 fully saturated rings. The van der Waals surface area contributed by atoms with Crippen LogP contribution in [0, 0.1) is 0 Å². The molecule has 20 heavy (non-hydrogen) atoms. The monoisotopic (exact) mass is 370 g/mol. The zero-order valence-corrected chi connectivity index (χ0v) is 11.9. The smallest absolute Gasteiger partial charge is 0.366 e. The van der Waals surface area contributed by atoms with Crippen LogP contribution < -0.4 is 5.73 Å². The molecule has 108 valence electrons. The van der Waals surface area contributed by atoms with Crippen LogP contribution in [0.25, 0.3) is 5.69 Å². The maximum absolute atomic E-state index is 12.7. The molecule has 1 heterocycles. The fraction of sp³-hybridized carbons (Fsp3) is 0.111. The van der Waals surface area contributed by atoms with Gasteiger partial charge in [0.15, 0.2) is 0 Å². The number of hydrogen-bond acceptors (Lipinski definition) is 5. The molecule has 0 saturated heterocycles. The van der Waals surface area contributed by atoms with Gasteiger partial charge in [0.05, 0.1) is 5.69 Å². The summed E-state index contributed by atoms with van der Waals surface area (Å²) in [4.78, 5) is 2.71. The summed E-state index contributed by atoms with van der Waals surface area (Å²) in [5.41, 5.74) is -0.403. The maximum atomic E-state index is 12.7. The summed E-state index contributed by atoms with van der Waals surface area (Å²) in [6.45, 7) is 0. The highest BCUT2D eigenvalue weighted by atomic mass is 79.9. The number of sulfone groups is 1. The minimum Gasteiger partial charge on any atom is -0.366 e. The first-order valence-electron chi connectivity index (χ1n) is 4.93. The fourth-order valence-electron chi connectivity index (χ4n) is 1.45. The number of anilines is 1. The molecular weight excluding hydrogens is 365 g/mol. The van der Waals surface area contributed by atoms with Gasteiger partial charge in [0, 0.05) is 0 Å². The standard InChI is InChI=1S/C9H6BrF3N4O2S/c10-7-15-8(14)16-17(7)5-3-1-2-4-6(5)20(18,19)9(11,12)13/h1-4H,(H2,14,16). The largest absolute Gasteiger partial charge is 0.501 e. The van der Waals surface area contributed by atoms with Gasteiger partial charge in [-0.2, -0.15) is 18.2 Å². The van der Waals surface area contributed by atoms with Crippen molar-refractivity contribution >= 4 is 31.7 Å². The van der Waals surface area contributed by atoms with Gasteiger partial charge in [-0.25, -0.2) is 13.1 Å². The summed E-state index contributed by atoms with van der Waals surface area (Å²) in [7, 11) is -5.51. The molecule has 0 unspecified atom stereocenters. The highest BCUT2D eigenvalue weighted by Gasteiger charge is 2.48. The number of para-hydroxylation sites is 1. The van der Waals surface area contributed by atoms with E-state index in [1.165, 1.54) is 12.1 Å². The summed E-state index contributed by atoms with van der Waals surface area (Å²) in [5.74, 6) is -0.212. The Morgan fingerprint density at radius 2 is 1.85 bits per heavy atom. The number of halogens is 4. The molecule has 0 bridgehead atoms. The molecule has 0 amide bonds. The van der Waals surface area contributed by atoms with Crippen molar-refractivity contribution in [3.05, 3.63) is 29.0 Å². The summed E-state index contributed by atoms with van der Waals surface area (Å²) in [5, 5.41) is 3.64. The third-order valence-electron chi connectivity index (χ3n) is 2.27. The fourth-order valence-corrected chi connectivity index (χ4v) is 2.83. The third kappa shape index (κ3) is 2.38. The Morgan fingerprint density at radius 1 is 1.25 bits per heavy atom. The van der Waals surface area contributed by atoms with E-state index < -0.39 is 20.2 Å². The van der Waals surface area contributed by atoms with Crippen molar-refractivity contribution in [1.82, 2.24) is 14.8 Å². The molecule has 0 aliphatic carbocycles. The van der Waals surface area contributed by atoms with E-state index in [0.29, 0.717) is 0 Å². The van der Waals surface area contributed by atoms with Crippen molar-refractivity contribution < 1.29 is 21.6 Å². The molecule has 2 rings (SSSR count). The van der Waals surface area contributed by atoms with Gasteiger partial charge in [-0.15, -0.1) is 5.10 Å². The minimum absolute atomic E-state index is 0.0141. The quantitative estimate of drug-likeness (QED) is 0.871. The Kier molecular flexibility index (Phi) is 3.50. The summed E-state index contributed by atoms with van der Waals surface area (Å²) < 4.78 is 61.9. The van der Waals surface area contributed by atoms with Gasteiger partial charge in [-0.3, -0.25) is 0 Å². The van der Waals surface area contributed by atoms with Crippen molar-refractivity contribution in [2.45, 2.75) is 10.4 Å². The molecule has 2 aromatic rings. The molecular formula is C9H6BrF3N4O2S. The summed E-state index contributed by atoms with van der Waals surface area (Å²) in [6, 6.07) is 4.55. The van der Waals surface area contributed by atoms with E-state index in [1.807, 2.05) is 0 Å². The van der Waals surface area contributed by atoms with Crippen LogP contribution >= 0.6 is 15.9 Å². The SMILES string of the molecule is Nc1nc(Br)n(-c2ccccc2S(=O)(=O)C(F)(F)F)n1. The van der Waals surface area contributed by atoms with Crippen LogP contribution in [-0.2, 0) is 9.84 Å². The zero-order valence-electron chi connectivity index (χ0n) is 9.46. The lowest BCUT2D eigenvalue weighted by atomic mass is 10.3. The van der Waals surface area contributed by atoms with E-state index in [2.05, 4.69) is 26.0 Å². The first kappa shape index (κ1) is 14.8. The van der Waals surface area contributed by atoms with E-state index in [0.717, 1.165) is 16.8 Å². The van der Waals surface area contributed by atoms with Gasteiger partial charge in [0.2, 0.25) is 10.7 Å². The van der Waals surface area contributed by atoms with Crippen molar-refractivity contribution in [3.63, 3.8) is 0 Å². The zero-order chi connectivity index (χ0) is 15.1.